The van der Waals surface area contributed by atoms with Gasteiger partial charge in [-0.1, -0.05) is 36.7 Å². The molecule has 1 aliphatic carbocycles. The first kappa shape index (κ1) is 16.1. The largest absolute Gasteiger partial charge is 0.298 e. The summed E-state index contributed by atoms with van der Waals surface area (Å²) in [6.07, 6.45) is 2.84. The zero-order valence-corrected chi connectivity index (χ0v) is 13.0. The van der Waals surface area contributed by atoms with Gasteiger partial charge in [-0.15, -0.1) is 0 Å². The Labute approximate surface area is 117 Å². The van der Waals surface area contributed by atoms with Crippen molar-refractivity contribution >= 4 is 21.7 Å². The van der Waals surface area contributed by atoms with E-state index in [0.29, 0.717) is 18.8 Å². The standard InChI is InChI=1S/C14H23BrF2O/c1-13(2,3)12(18)11(15)5-4-10-6-8-14(16,17)9-7-10/h10-11H,4-9H2,1-3H3. The average molecular weight is 325 g/mol. The van der Waals surface area contributed by atoms with E-state index in [4.69, 9.17) is 0 Å². The second kappa shape index (κ2) is 5.98. The van der Waals surface area contributed by atoms with Gasteiger partial charge in [0.25, 0.3) is 0 Å². The minimum atomic E-state index is -2.45. The number of Topliss-reactive ketones (excluding diaryl/α,β-unsaturated/α-hetero) is 1. The SMILES string of the molecule is CC(C)(C)C(=O)C(Br)CCC1CCC(F)(F)CC1. The van der Waals surface area contributed by atoms with Gasteiger partial charge < -0.3 is 0 Å². The molecule has 4 heteroatoms. The fourth-order valence-electron chi connectivity index (χ4n) is 2.37. The molecule has 0 radical (unpaired) electrons. The zero-order valence-electron chi connectivity index (χ0n) is 11.4. The van der Waals surface area contributed by atoms with E-state index in [-0.39, 0.29) is 28.9 Å². The molecule has 0 aromatic rings. The topological polar surface area (TPSA) is 17.1 Å². The molecule has 0 spiro atoms. The molecule has 1 rings (SSSR count). The number of carbonyl (C=O) groups is 1. The number of alkyl halides is 3. The van der Waals surface area contributed by atoms with Crippen LogP contribution in [0.15, 0.2) is 0 Å². The fourth-order valence-corrected chi connectivity index (χ4v) is 3.32. The quantitative estimate of drug-likeness (QED) is 0.667. The number of rotatable bonds is 4. The molecule has 0 aliphatic heterocycles. The van der Waals surface area contributed by atoms with Crippen molar-refractivity contribution in [2.45, 2.75) is 70.0 Å². The molecule has 0 heterocycles. The van der Waals surface area contributed by atoms with E-state index >= 15 is 0 Å². The third kappa shape index (κ3) is 4.94. The maximum Gasteiger partial charge on any atom is 0.248 e. The van der Waals surface area contributed by atoms with E-state index < -0.39 is 5.92 Å². The lowest BCUT2D eigenvalue weighted by Crippen LogP contribution is -2.30. The van der Waals surface area contributed by atoms with Crippen LogP contribution in [0.4, 0.5) is 8.78 Å². The molecule has 1 saturated carbocycles. The number of ketones is 1. The lowest BCUT2D eigenvalue weighted by atomic mass is 9.82. The van der Waals surface area contributed by atoms with Crippen molar-refractivity contribution in [1.82, 2.24) is 0 Å². The third-order valence-electron chi connectivity index (χ3n) is 3.69. The molecular formula is C14H23BrF2O. The van der Waals surface area contributed by atoms with Crippen molar-refractivity contribution in [3.8, 4) is 0 Å². The van der Waals surface area contributed by atoms with E-state index in [1.165, 1.54) is 0 Å². The Balaban J connectivity index is 2.32. The second-order valence-corrected chi connectivity index (χ2v) is 7.56. The van der Waals surface area contributed by atoms with Crippen LogP contribution < -0.4 is 0 Å². The van der Waals surface area contributed by atoms with Crippen molar-refractivity contribution in [3.63, 3.8) is 0 Å². The van der Waals surface area contributed by atoms with Crippen LogP contribution in [-0.2, 0) is 4.79 Å². The van der Waals surface area contributed by atoms with E-state index in [1.807, 2.05) is 20.8 Å². The van der Waals surface area contributed by atoms with E-state index in [1.54, 1.807) is 0 Å². The van der Waals surface area contributed by atoms with Crippen molar-refractivity contribution in [2.24, 2.45) is 11.3 Å². The molecule has 0 bridgehead atoms. The number of hydrogen-bond acceptors (Lipinski definition) is 1. The van der Waals surface area contributed by atoms with Gasteiger partial charge in [-0.25, -0.2) is 8.78 Å². The van der Waals surface area contributed by atoms with Gasteiger partial charge in [0.1, 0.15) is 0 Å². The van der Waals surface area contributed by atoms with Gasteiger partial charge in [0.05, 0.1) is 4.83 Å². The lowest BCUT2D eigenvalue weighted by Gasteiger charge is -2.29. The molecule has 1 fully saturated rings. The first-order chi connectivity index (χ1) is 8.12. The molecule has 106 valence electrons. The van der Waals surface area contributed by atoms with Gasteiger partial charge in [0, 0.05) is 18.3 Å². The molecule has 0 N–H and O–H groups in total. The number of carbonyl (C=O) groups excluding carboxylic acids is 1. The summed E-state index contributed by atoms with van der Waals surface area (Å²) in [5.74, 6) is -1.90. The first-order valence-electron chi connectivity index (χ1n) is 6.68. The maximum atomic E-state index is 13.0. The minimum Gasteiger partial charge on any atom is -0.298 e. The fraction of sp³-hybridized carbons (Fsp3) is 0.929. The van der Waals surface area contributed by atoms with Crippen LogP contribution in [0.5, 0.6) is 0 Å². The normalized spacial score (nSPS) is 22.8. The number of hydrogen-bond donors (Lipinski definition) is 0. The minimum absolute atomic E-state index is 0.0117. The molecule has 0 aromatic heterocycles. The summed E-state index contributed by atoms with van der Waals surface area (Å²) >= 11 is 3.43. The van der Waals surface area contributed by atoms with E-state index in [9.17, 15) is 13.6 Å². The van der Waals surface area contributed by atoms with Crippen LogP contribution in [-0.4, -0.2) is 16.5 Å². The van der Waals surface area contributed by atoms with Crippen LogP contribution in [0.1, 0.15) is 59.3 Å². The molecule has 18 heavy (non-hydrogen) atoms. The summed E-state index contributed by atoms with van der Waals surface area (Å²) in [4.78, 5) is 11.8. The van der Waals surface area contributed by atoms with Gasteiger partial charge in [0.2, 0.25) is 5.92 Å². The van der Waals surface area contributed by atoms with Gasteiger partial charge in [-0.2, -0.15) is 0 Å². The number of halogens is 3. The molecule has 1 nitrogen and oxygen atoms in total. The van der Waals surface area contributed by atoms with Gasteiger partial charge in [-0.3, -0.25) is 4.79 Å². The maximum absolute atomic E-state index is 13.0. The molecular weight excluding hydrogens is 302 g/mol. The Bertz CT molecular complexity index is 287. The summed E-state index contributed by atoms with van der Waals surface area (Å²) < 4.78 is 26.0. The predicted octanol–water partition coefficient (Wildman–Crippen LogP) is 4.97. The smallest absolute Gasteiger partial charge is 0.248 e. The summed E-state index contributed by atoms with van der Waals surface area (Å²) in [6, 6.07) is 0. The summed E-state index contributed by atoms with van der Waals surface area (Å²) in [7, 11) is 0. The van der Waals surface area contributed by atoms with Gasteiger partial charge >= 0.3 is 0 Å². The zero-order chi connectivity index (χ0) is 14.0. The van der Waals surface area contributed by atoms with E-state index in [0.717, 1.165) is 12.8 Å². The lowest BCUT2D eigenvalue weighted by molar-refractivity contribution is -0.125. The van der Waals surface area contributed by atoms with Crippen LogP contribution in [0.3, 0.4) is 0 Å². The Kier molecular flexibility index (Phi) is 5.33. The molecule has 1 unspecified atom stereocenters. The first-order valence-corrected chi connectivity index (χ1v) is 7.59. The van der Waals surface area contributed by atoms with Crippen LogP contribution in [0.25, 0.3) is 0 Å². The predicted molar refractivity (Wildman–Crippen MR) is 73.3 cm³/mol. The molecule has 1 aliphatic rings. The van der Waals surface area contributed by atoms with Crippen LogP contribution in [0.2, 0.25) is 0 Å². The average Bonchev–Trinajstić information content (AvgIpc) is 2.25. The summed E-state index contributed by atoms with van der Waals surface area (Å²) in [5, 5.41) is 0. The summed E-state index contributed by atoms with van der Waals surface area (Å²) in [5.41, 5.74) is -0.340. The van der Waals surface area contributed by atoms with E-state index in [2.05, 4.69) is 15.9 Å². The van der Waals surface area contributed by atoms with Gasteiger partial charge in [-0.05, 0) is 31.6 Å². The van der Waals surface area contributed by atoms with Gasteiger partial charge in [0.15, 0.2) is 5.78 Å². The monoisotopic (exact) mass is 324 g/mol. The van der Waals surface area contributed by atoms with Crippen molar-refractivity contribution in [3.05, 3.63) is 0 Å². The highest BCUT2D eigenvalue weighted by Gasteiger charge is 2.35. The highest BCUT2D eigenvalue weighted by molar-refractivity contribution is 9.10. The Morgan fingerprint density at radius 2 is 1.83 bits per heavy atom. The molecule has 0 aromatic carbocycles. The highest BCUT2D eigenvalue weighted by Crippen LogP contribution is 2.38. The van der Waals surface area contributed by atoms with Crippen molar-refractivity contribution in [1.29, 1.82) is 0 Å². The Morgan fingerprint density at radius 1 is 1.33 bits per heavy atom. The van der Waals surface area contributed by atoms with Crippen molar-refractivity contribution < 1.29 is 13.6 Å². The third-order valence-corrected chi connectivity index (χ3v) is 4.56. The van der Waals surface area contributed by atoms with Crippen LogP contribution >= 0.6 is 15.9 Å². The molecule has 0 amide bonds. The molecule has 0 saturated heterocycles. The summed E-state index contributed by atoms with van der Waals surface area (Å²) in [6.45, 7) is 5.72. The molecule has 1 atom stereocenters. The van der Waals surface area contributed by atoms with Crippen LogP contribution in [0, 0.1) is 11.3 Å². The Morgan fingerprint density at radius 3 is 2.28 bits per heavy atom. The second-order valence-electron chi connectivity index (χ2n) is 6.46. The van der Waals surface area contributed by atoms with Crippen molar-refractivity contribution in [2.75, 3.05) is 0 Å². The highest BCUT2D eigenvalue weighted by atomic mass is 79.9. The Hall–Kier alpha value is 0.01000.